The fraction of sp³-hybridized carbons (Fsp3) is 0.714. The van der Waals surface area contributed by atoms with E-state index in [9.17, 15) is 4.79 Å². The molecule has 1 aliphatic rings. The summed E-state index contributed by atoms with van der Waals surface area (Å²) < 4.78 is 0. The summed E-state index contributed by atoms with van der Waals surface area (Å²) in [7, 11) is 1.89. The van der Waals surface area contributed by atoms with Gasteiger partial charge in [0.15, 0.2) is 0 Å². The van der Waals surface area contributed by atoms with Crippen LogP contribution in [0.1, 0.15) is 36.6 Å². The number of carbonyl (C=O) groups excluding carboxylic acids is 1. The first-order chi connectivity index (χ1) is 9.10. The molecule has 114 valence electrons. The quantitative estimate of drug-likeness (QED) is 0.928. The van der Waals surface area contributed by atoms with Crippen molar-refractivity contribution in [3.05, 3.63) is 16.1 Å². The van der Waals surface area contributed by atoms with Crippen LogP contribution in [0, 0.1) is 5.92 Å². The standard InChI is InChI=1S/C14H23N3OS.ClH/c1-4-12-8-16-13(19-12)9-17(3)14(18)11-5-6-15-10(2)7-11;/h8,10-11,15H,4-7,9H2,1-3H3;1H/t10-,11-;/m0./s1. The van der Waals surface area contributed by atoms with Gasteiger partial charge in [-0.2, -0.15) is 0 Å². The van der Waals surface area contributed by atoms with Crippen molar-refractivity contribution < 1.29 is 4.79 Å². The molecule has 0 aromatic carbocycles. The lowest BCUT2D eigenvalue weighted by atomic mass is 9.92. The molecule has 0 saturated carbocycles. The Morgan fingerprint density at radius 1 is 1.60 bits per heavy atom. The van der Waals surface area contributed by atoms with Gasteiger partial charge in [0.1, 0.15) is 5.01 Å². The number of nitrogens with zero attached hydrogens (tertiary/aromatic N) is 2. The second-order valence-corrected chi connectivity index (χ2v) is 6.54. The van der Waals surface area contributed by atoms with Gasteiger partial charge in [-0.05, 0) is 32.7 Å². The van der Waals surface area contributed by atoms with Gasteiger partial charge in [0.25, 0.3) is 0 Å². The van der Waals surface area contributed by atoms with Crippen molar-refractivity contribution in [3.8, 4) is 0 Å². The van der Waals surface area contributed by atoms with Gasteiger partial charge in [0, 0.05) is 30.1 Å². The maximum Gasteiger partial charge on any atom is 0.225 e. The van der Waals surface area contributed by atoms with Gasteiger partial charge < -0.3 is 10.2 Å². The highest BCUT2D eigenvalue weighted by molar-refractivity contribution is 7.11. The van der Waals surface area contributed by atoms with E-state index in [1.165, 1.54) is 4.88 Å². The minimum atomic E-state index is 0. The van der Waals surface area contributed by atoms with E-state index in [0.29, 0.717) is 12.6 Å². The first-order valence-electron chi connectivity index (χ1n) is 7.02. The number of thiazole rings is 1. The van der Waals surface area contributed by atoms with Gasteiger partial charge in [-0.15, -0.1) is 23.7 Å². The number of nitrogens with one attached hydrogen (secondary N) is 1. The van der Waals surface area contributed by atoms with Crippen molar-refractivity contribution in [2.75, 3.05) is 13.6 Å². The number of hydrogen-bond donors (Lipinski definition) is 1. The van der Waals surface area contributed by atoms with E-state index in [4.69, 9.17) is 0 Å². The van der Waals surface area contributed by atoms with Crippen molar-refractivity contribution in [2.45, 2.75) is 45.7 Å². The molecule has 0 aliphatic carbocycles. The average Bonchev–Trinajstić information content (AvgIpc) is 2.85. The molecule has 4 nitrogen and oxygen atoms in total. The maximum atomic E-state index is 12.4. The molecular formula is C14H24ClN3OS. The number of halogens is 1. The van der Waals surface area contributed by atoms with Crippen LogP contribution >= 0.6 is 23.7 Å². The number of piperidine rings is 1. The zero-order chi connectivity index (χ0) is 13.8. The number of amides is 1. The Kier molecular flexibility index (Phi) is 6.92. The Morgan fingerprint density at radius 2 is 2.35 bits per heavy atom. The Hall–Kier alpha value is -0.650. The summed E-state index contributed by atoms with van der Waals surface area (Å²) in [5, 5.41) is 4.42. The van der Waals surface area contributed by atoms with Crippen LogP contribution in [0.2, 0.25) is 0 Å². The highest BCUT2D eigenvalue weighted by Gasteiger charge is 2.27. The van der Waals surface area contributed by atoms with Gasteiger partial charge in [0.05, 0.1) is 6.54 Å². The Balaban J connectivity index is 0.00000200. The summed E-state index contributed by atoms with van der Waals surface area (Å²) in [6, 6.07) is 0.447. The third-order valence-corrected chi connectivity index (χ3v) is 4.80. The molecule has 0 spiro atoms. The molecule has 1 amide bonds. The summed E-state index contributed by atoms with van der Waals surface area (Å²) in [6.07, 6.45) is 4.83. The van der Waals surface area contributed by atoms with Crippen LogP contribution in [-0.4, -0.2) is 35.4 Å². The molecule has 1 aliphatic heterocycles. The van der Waals surface area contributed by atoms with Crippen LogP contribution in [-0.2, 0) is 17.8 Å². The third kappa shape index (κ3) is 4.43. The molecule has 0 bridgehead atoms. The van der Waals surface area contributed by atoms with Crippen LogP contribution in [0.4, 0.5) is 0 Å². The molecule has 6 heteroatoms. The Labute approximate surface area is 131 Å². The van der Waals surface area contributed by atoms with Crippen molar-refractivity contribution in [3.63, 3.8) is 0 Å². The summed E-state index contributed by atoms with van der Waals surface area (Å²) in [6.45, 7) is 5.86. The van der Waals surface area contributed by atoms with E-state index in [0.717, 1.165) is 30.8 Å². The molecule has 1 aromatic rings. The topological polar surface area (TPSA) is 45.2 Å². The Morgan fingerprint density at radius 3 is 2.95 bits per heavy atom. The monoisotopic (exact) mass is 317 g/mol. The fourth-order valence-electron chi connectivity index (χ4n) is 2.53. The van der Waals surface area contributed by atoms with Crippen LogP contribution in [0.25, 0.3) is 0 Å². The molecule has 0 radical (unpaired) electrons. The van der Waals surface area contributed by atoms with Crippen molar-refractivity contribution in [1.82, 2.24) is 15.2 Å². The summed E-state index contributed by atoms with van der Waals surface area (Å²) >= 11 is 1.71. The van der Waals surface area contributed by atoms with E-state index in [1.807, 2.05) is 18.1 Å². The lowest BCUT2D eigenvalue weighted by molar-refractivity contribution is -0.135. The van der Waals surface area contributed by atoms with E-state index < -0.39 is 0 Å². The first kappa shape index (κ1) is 17.4. The summed E-state index contributed by atoms with van der Waals surface area (Å²) in [5.41, 5.74) is 0. The lowest BCUT2D eigenvalue weighted by Gasteiger charge is -2.30. The largest absolute Gasteiger partial charge is 0.339 e. The van der Waals surface area contributed by atoms with Gasteiger partial charge >= 0.3 is 0 Å². The molecule has 1 saturated heterocycles. The first-order valence-corrected chi connectivity index (χ1v) is 7.83. The fourth-order valence-corrected chi connectivity index (χ4v) is 3.45. The van der Waals surface area contributed by atoms with E-state index in [1.54, 1.807) is 11.3 Å². The molecule has 2 heterocycles. The summed E-state index contributed by atoms with van der Waals surface area (Å²) in [5.74, 6) is 0.438. The smallest absolute Gasteiger partial charge is 0.225 e. The molecule has 1 aromatic heterocycles. The zero-order valence-corrected chi connectivity index (χ0v) is 14.0. The van der Waals surface area contributed by atoms with E-state index >= 15 is 0 Å². The van der Waals surface area contributed by atoms with Crippen LogP contribution < -0.4 is 5.32 Å². The van der Waals surface area contributed by atoms with E-state index in [2.05, 4.69) is 24.1 Å². The Bertz CT molecular complexity index is 438. The molecule has 1 fully saturated rings. The maximum absolute atomic E-state index is 12.4. The SMILES string of the molecule is CCc1cnc(CN(C)C(=O)[C@H]2CCN[C@@H](C)C2)s1.Cl. The highest BCUT2D eigenvalue weighted by atomic mass is 35.5. The number of aromatic nitrogens is 1. The summed E-state index contributed by atoms with van der Waals surface area (Å²) in [4.78, 5) is 19.9. The normalized spacial score (nSPS) is 22.1. The highest BCUT2D eigenvalue weighted by Crippen LogP contribution is 2.20. The van der Waals surface area contributed by atoms with Crippen LogP contribution in [0.15, 0.2) is 6.20 Å². The minimum absolute atomic E-state index is 0. The second-order valence-electron chi connectivity index (χ2n) is 5.34. The predicted octanol–water partition coefficient (Wildman–Crippen LogP) is 2.47. The third-order valence-electron chi connectivity index (χ3n) is 3.67. The molecule has 2 rings (SSSR count). The second kappa shape index (κ2) is 7.96. The van der Waals surface area contributed by atoms with Crippen LogP contribution in [0.3, 0.4) is 0 Å². The minimum Gasteiger partial charge on any atom is -0.339 e. The van der Waals surface area contributed by atoms with Crippen LogP contribution in [0.5, 0.6) is 0 Å². The molecule has 2 atom stereocenters. The van der Waals surface area contributed by atoms with Crippen molar-refractivity contribution in [1.29, 1.82) is 0 Å². The lowest BCUT2D eigenvalue weighted by Crippen LogP contribution is -2.42. The molecule has 0 unspecified atom stereocenters. The number of carbonyl (C=O) groups is 1. The van der Waals surface area contributed by atoms with Crippen molar-refractivity contribution >= 4 is 29.7 Å². The van der Waals surface area contributed by atoms with E-state index in [-0.39, 0.29) is 24.2 Å². The molecular weight excluding hydrogens is 294 g/mol. The van der Waals surface area contributed by atoms with Gasteiger partial charge in [0.2, 0.25) is 5.91 Å². The number of aryl methyl sites for hydroxylation is 1. The van der Waals surface area contributed by atoms with Gasteiger partial charge in [-0.25, -0.2) is 4.98 Å². The number of rotatable bonds is 4. The average molecular weight is 318 g/mol. The van der Waals surface area contributed by atoms with Gasteiger partial charge in [-0.1, -0.05) is 6.92 Å². The number of hydrogen-bond acceptors (Lipinski definition) is 4. The molecule has 1 N–H and O–H groups in total. The molecule has 20 heavy (non-hydrogen) atoms. The predicted molar refractivity (Wildman–Crippen MR) is 85.4 cm³/mol. The van der Waals surface area contributed by atoms with Gasteiger partial charge in [-0.3, -0.25) is 4.79 Å². The zero-order valence-electron chi connectivity index (χ0n) is 12.4. The van der Waals surface area contributed by atoms with Crippen molar-refractivity contribution in [2.24, 2.45) is 5.92 Å².